The van der Waals surface area contributed by atoms with E-state index in [9.17, 15) is 13.6 Å². The lowest BCUT2D eigenvalue weighted by Gasteiger charge is -2.24. The van der Waals surface area contributed by atoms with Gasteiger partial charge < -0.3 is 4.90 Å². The van der Waals surface area contributed by atoms with E-state index in [0.717, 1.165) is 35.0 Å². The second-order valence-electron chi connectivity index (χ2n) is 6.22. The molecular formula is C20H21BrClF2N3OS. The fraction of sp³-hybridized carbons (Fsp3) is 0.300. The summed E-state index contributed by atoms with van der Waals surface area (Å²) in [5.74, 6) is -1.61. The van der Waals surface area contributed by atoms with Crippen LogP contribution in [-0.4, -0.2) is 42.0 Å². The van der Waals surface area contributed by atoms with Gasteiger partial charge in [0.05, 0.1) is 4.70 Å². The molecule has 0 bridgehead atoms. The van der Waals surface area contributed by atoms with Crippen LogP contribution >= 0.6 is 39.7 Å². The number of amides is 1. The van der Waals surface area contributed by atoms with Crippen LogP contribution in [0.1, 0.15) is 24.2 Å². The van der Waals surface area contributed by atoms with Crippen LogP contribution in [0.3, 0.4) is 0 Å². The summed E-state index contributed by atoms with van der Waals surface area (Å²) in [6.07, 6.45) is 0. The average Bonchev–Trinajstić information content (AvgIpc) is 3.09. The number of nitrogens with zero attached hydrogens (tertiary/aromatic N) is 3. The van der Waals surface area contributed by atoms with E-state index < -0.39 is 11.6 Å². The first-order valence-electron chi connectivity index (χ1n) is 8.98. The van der Waals surface area contributed by atoms with E-state index in [4.69, 9.17) is 0 Å². The van der Waals surface area contributed by atoms with Crippen LogP contribution in [-0.2, 0) is 0 Å². The Balaban J connectivity index is 0.00000300. The molecule has 0 radical (unpaired) electrons. The summed E-state index contributed by atoms with van der Waals surface area (Å²) in [4.78, 5) is 21.2. The van der Waals surface area contributed by atoms with Crippen molar-refractivity contribution < 1.29 is 13.6 Å². The Morgan fingerprint density at radius 2 is 1.86 bits per heavy atom. The van der Waals surface area contributed by atoms with Gasteiger partial charge in [-0.25, -0.2) is 13.8 Å². The smallest absolute Gasteiger partial charge is 0.260 e. The number of halogens is 4. The number of benzene rings is 2. The Kier molecular flexibility index (Phi) is 8.51. The zero-order chi connectivity index (χ0) is 20.3. The summed E-state index contributed by atoms with van der Waals surface area (Å²) >= 11 is 4.49. The number of anilines is 1. The molecule has 0 aliphatic rings. The van der Waals surface area contributed by atoms with E-state index in [1.54, 1.807) is 23.1 Å². The van der Waals surface area contributed by atoms with E-state index in [1.165, 1.54) is 6.07 Å². The van der Waals surface area contributed by atoms with Crippen molar-refractivity contribution in [1.29, 1.82) is 0 Å². The highest BCUT2D eigenvalue weighted by molar-refractivity contribution is 9.10. The predicted octanol–water partition coefficient (Wildman–Crippen LogP) is 5.75. The van der Waals surface area contributed by atoms with E-state index in [1.807, 2.05) is 6.07 Å². The highest BCUT2D eigenvalue weighted by Crippen LogP contribution is 2.32. The van der Waals surface area contributed by atoms with Gasteiger partial charge in [-0.1, -0.05) is 47.2 Å². The topological polar surface area (TPSA) is 36.4 Å². The number of thiazole rings is 1. The second-order valence-corrected chi connectivity index (χ2v) is 8.15. The van der Waals surface area contributed by atoms with Gasteiger partial charge in [0.1, 0.15) is 11.3 Å². The minimum absolute atomic E-state index is 0. The summed E-state index contributed by atoms with van der Waals surface area (Å²) in [5, 5.41) is 0.358. The summed E-state index contributed by atoms with van der Waals surface area (Å²) in [6.45, 7) is 6.88. The Morgan fingerprint density at radius 3 is 2.52 bits per heavy atom. The SMILES string of the molecule is CCN(CC)CCN(C(=O)c1cccc(Br)c1)c1nc2c(F)cc(F)cc2s1.Cl. The maximum absolute atomic E-state index is 14.1. The van der Waals surface area contributed by atoms with Crippen molar-refractivity contribution in [2.45, 2.75) is 13.8 Å². The molecular weight excluding hydrogens is 484 g/mol. The number of carbonyl (C=O) groups is 1. The summed E-state index contributed by atoms with van der Waals surface area (Å²) in [5.41, 5.74) is 0.580. The average molecular weight is 505 g/mol. The zero-order valence-corrected chi connectivity index (χ0v) is 19.2. The van der Waals surface area contributed by atoms with E-state index >= 15 is 0 Å². The fourth-order valence-corrected chi connectivity index (χ4v) is 4.33. The quantitative estimate of drug-likeness (QED) is 0.411. The van der Waals surface area contributed by atoms with Crippen LogP contribution in [0, 0.1) is 11.6 Å². The summed E-state index contributed by atoms with van der Waals surface area (Å²) < 4.78 is 28.8. The standard InChI is InChI=1S/C20H20BrF2N3OS.ClH/c1-3-25(4-2)8-9-26(19(27)13-6-5-7-14(21)10-13)20-24-18-16(23)11-15(22)12-17(18)28-20;/h5-7,10-12H,3-4,8-9H2,1-2H3;1H. The molecule has 156 valence electrons. The number of aromatic nitrogens is 1. The molecule has 1 aromatic heterocycles. The molecule has 29 heavy (non-hydrogen) atoms. The fourth-order valence-electron chi connectivity index (χ4n) is 2.90. The normalized spacial score (nSPS) is 11.0. The van der Waals surface area contributed by atoms with Gasteiger partial charge in [-0.3, -0.25) is 9.69 Å². The maximum atomic E-state index is 14.1. The van der Waals surface area contributed by atoms with Crippen LogP contribution in [0.15, 0.2) is 40.9 Å². The predicted molar refractivity (Wildman–Crippen MR) is 120 cm³/mol. The molecule has 3 aromatic rings. The van der Waals surface area contributed by atoms with Gasteiger partial charge in [0, 0.05) is 29.2 Å². The number of likely N-dealkylation sites (N-methyl/N-ethyl adjacent to an activating group) is 1. The Morgan fingerprint density at radius 1 is 1.14 bits per heavy atom. The van der Waals surface area contributed by atoms with Gasteiger partial charge in [0.2, 0.25) is 0 Å². The van der Waals surface area contributed by atoms with Crippen molar-refractivity contribution in [2.75, 3.05) is 31.1 Å². The third-order valence-corrected chi connectivity index (χ3v) is 6.00. The monoisotopic (exact) mass is 503 g/mol. The van der Waals surface area contributed by atoms with Gasteiger partial charge in [-0.2, -0.15) is 0 Å². The molecule has 0 saturated carbocycles. The van der Waals surface area contributed by atoms with Gasteiger partial charge in [-0.05, 0) is 37.4 Å². The molecule has 3 rings (SSSR count). The molecule has 9 heteroatoms. The number of hydrogen-bond donors (Lipinski definition) is 0. The molecule has 0 spiro atoms. The molecule has 2 aromatic carbocycles. The summed E-state index contributed by atoms with van der Waals surface area (Å²) in [6, 6.07) is 9.14. The van der Waals surface area contributed by atoms with Crippen molar-refractivity contribution in [2.24, 2.45) is 0 Å². The number of fused-ring (bicyclic) bond motifs is 1. The molecule has 0 aliphatic carbocycles. The Labute approximate surface area is 187 Å². The molecule has 4 nitrogen and oxygen atoms in total. The molecule has 0 saturated heterocycles. The highest BCUT2D eigenvalue weighted by atomic mass is 79.9. The van der Waals surface area contributed by atoms with Crippen LogP contribution < -0.4 is 4.90 Å². The lowest BCUT2D eigenvalue weighted by molar-refractivity contribution is 0.0983. The second kappa shape index (κ2) is 10.4. The minimum atomic E-state index is -0.726. The largest absolute Gasteiger partial charge is 0.302 e. The third kappa shape index (κ3) is 5.51. The van der Waals surface area contributed by atoms with Crippen molar-refractivity contribution >= 4 is 60.9 Å². The first-order valence-corrected chi connectivity index (χ1v) is 10.6. The molecule has 0 unspecified atom stereocenters. The van der Waals surface area contributed by atoms with Gasteiger partial charge >= 0.3 is 0 Å². The van der Waals surface area contributed by atoms with E-state index in [2.05, 4.69) is 39.7 Å². The minimum Gasteiger partial charge on any atom is -0.302 e. The van der Waals surface area contributed by atoms with Crippen LogP contribution in [0.25, 0.3) is 10.2 Å². The van der Waals surface area contributed by atoms with Crippen LogP contribution in [0.5, 0.6) is 0 Å². The molecule has 0 aliphatic heterocycles. The zero-order valence-electron chi connectivity index (χ0n) is 16.0. The molecule has 0 atom stereocenters. The van der Waals surface area contributed by atoms with Crippen molar-refractivity contribution in [3.8, 4) is 0 Å². The Bertz CT molecular complexity index is 997. The van der Waals surface area contributed by atoms with Gasteiger partial charge in [0.15, 0.2) is 10.9 Å². The van der Waals surface area contributed by atoms with E-state index in [-0.39, 0.29) is 23.8 Å². The van der Waals surface area contributed by atoms with Crippen molar-refractivity contribution in [3.63, 3.8) is 0 Å². The first kappa shape index (κ1) is 23.7. The number of rotatable bonds is 7. The molecule has 0 fully saturated rings. The van der Waals surface area contributed by atoms with E-state index in [0.29, 0.717) is 28.5 Å². The lowest BCUT2D eigenvalue weighted by Crippen LogP contribution is -2.38. The first-order chi connectivity index (χ1) is 13.4. The van der Waals surface area contributed by atoms with Crippen molar-refractivity contribution in [1.82, 2.24) is 9.88 Å². The molecule has 1 amide bonds. The van der Waals surface area contributed by atoms with Gasteiger partial charge in [-0.15, -0.1) is 12.4 Å². The lowest BCUT2D eigenvalue weighted by atomic mass is 10.2. The highest BCUT2D eigenvalue weighted by Gasteiger charge is 2.23. The van der Waals surface area contributed by atoms with Crippen molar-refractivity contribution in [3.05, 3.63) is 58.1 Å². The molecule has 0 N–H and O–H groups in total. The van der Waals surface area contributed by atoms with Gasteiger partial charge in [0.25, 0.3) is 5.91 Å². The number of hydrogen-bond acceptors (Lipinski definition) is 4. The third-order valence-electron chi connectivity index (χ3n) is 4.48. The maximum Gasteiger partial charge on any atom is 0.260 e. The number of carbonyl (C=O) groups excluding carboxylic acids is 1. The van der Waals surface area contributed by atoms with Crippen LogP contribution in [0.2, 0.25) is 0 Å². The molecule has 1 heterocycles. The summed E-state index contributed by atoms with van der Waals surface area (Å²) in [7, 11) is 0. The Hall–Kier alpha value is -1.61. The van der Waals surface area contributed by atoms with Crippen LogP contribution in [0.4, 0.5) is 13.9 Å².